The van der Waals surface area contributed by atoms with Gasteiger partial charge in [-0.25, -0.2) is 9.78 Å². The van der Waals surface area contributed by atoms with Crippen LogP contribution in [0.3, 0.4) is 0 Å². The van der Waals surface area contributed by atoms with Gasteiger partial charge in [0.25, 0.3) is 0 Å². The Morgan fingerprint density at radius 1 is 1.34 bits per heavy atom. The molecule has 29 heavy (non-hydrogen) atoms. The second-order valence-corrected chi connectivity index (χ2v) is 8.19. The van der Waals surface area contributed by atoms with Crippen LogP contribution in [0.1, 0.15) is 25.3 Å². The molecule has 1 aromatic carbocycles. The lowest BCUT2D eigenvalue weighted by Gasteiger charge is -2.44. The van der Waals surface area contributed by atoms with Gasteiger partial charge in [0, 0.05) is 55.7 Å². The quantitative estimate of drug-likeness (QED) is 0.615. The van der Waals surface area contributed by atoms with E-state index in [2.05, 4.69) is 16.8 Å². The number of aromatic nitrogens is 2. The number of imidazole rings is 1. The first-order chi connectivity index (χ1) is 14.1. The van der Waals surface area contributed by atoms with Gasteiger partial charge in [0.15, 0.2) is 0 Å². The molecule has 2 saturated heterocycles. The fourth-order valence-electron chi connectivity index (χ4n) is 4.18. The second-order valence-electron chi connectivity index (χ2n) is 7.75. The summed E-state index contributed by atoms with van der Waals surface area (Å²) in [4.78, 5) is 20.3. The number of hydrogen-bond acceptors (Lipinski definition) is 5. The molecule has 156 valence electrons. The first-order valence-corrected chi connectivity index (χ1v) is 10.5. The Morgan fingerprint density at radius 3 is 3.03 bits per heavy atom. The molecule has 1 amide bonds. The lowest BCUT2D eigenvalue weighted by atomic mass is 9.92. The van der Waals surface area contributed by atoms with Crippen LogP contribution in [0.2, 0.25) is 5.02 Å². The number of nitrogens with zero attached hydrogens (tertiary/aromatic N) is 4. The van der Waals surface area contributed by atoms with Crippen molar-refractivity contribution in [1.82, 2.24) is 19.4 Å². The maximum atomic E-state index is 12.0. The highest BCUT2D eigenvalue weighted by Gasteiger charge is 2.49. The molecule has 1 atom stereocenters. The van der Waals surface area contributed by atoms with E-state index in [1.165, 1.54) is 0 Å². The molecule has 0 bridgehead atoms. The van der Waals surface area contributed by atoms with Gasteiger partial charge in [0.1, 0.15) is 12.4 Å². The monoisotopic (exact) mass is 418 g/mol. The molecule has 0 spiro atoms. The molecule has 1 aromatic heterocycles. The van der Waals surface area contributed by atoms with Gasteiger partial charge in [-0.05, 0) is 31.0 Å². The molecule has 3 heterocycles. The topological polar surface area (TPSA) is 59.8 Å². The van der Waals surface area contributed by atoms with E-state index in [1.54, 1.807) is 6.20 Å². The van der Waals surface area contributed by atoms with Crippen LogP contribution in [-0.2, 0) is 17.8 Å². The number of ether oxygens (including phenoxy) is 2. The average molecular weight is 419 g/mol. The number of cyclic esters (lactones) is 1. The molecule has 2 aliphatic heterocycles. The summed E-state index contributed by atoms with van der Waals surface area (Å²) in [5.74, 6) is 0.867. The minimum atomic E-state index is -0.222. The van der Waals surface area contributed by atoms with Gasteiger partial charge in [-0.15, -0.1) is 0 Å². The van der Waals surface area contributed by atoms with Crippen LogP contribution in [0.5, 0.6) is 5.75 Å². The first-order valence-electron chi connectivity index (χ1n) is 10.1. The van der Waals surface area contributed by atoms with E-state index in [-0.39, 0.29) is 11.6 Å². The van der Waals surface area contributed by atoms with Crippen LogP contribution < -0.4 is 4.74 Å². The summed E-state index contributed by atoms with van der Waals surface area (Å²) in [7, 11) is 0. The van der Waals surface area contributed by atoms with E-state index in [0.717, 1.165) is 50.3 Å². The number of piperazine rings is 1. The summed E-state index contributed by atoms with van der Waals surface area (Å²) < 4.78 is 13.5. The molecule has 7 nitrogen and oxygen atoms in total. The number of rotatable bonds is 8. The Hall–Kier alpha value is -2.25. The van der Waals surface area contributed by atoms with Crippen molar-refractivity contribution in [3.8, 4) is 5.75 Å². The minimum absolute atomic E-state index is 0.184. The third kappa shape index (κ3) is 4.36. The van der Waals surface area contributed by atoms with Gasteiger partial charge in [-0.1, -0.05) is 18.5 Å². The van der Waals surface area contributed by atoms with Gasteiger partial charge >= 0.3 is 6.09 Å². The highest BCUT2D eigenvalue weighted by atomic mass is 35.5. The molecule has 0 aliphatic carbocycles. The summed E-state index contributed by atoms with van der Waals surface area (Å²) >= 11 is 6.27. The van der Waals surface area contributed by atoms with Crippen LogP contribution in [0.25, 0.3) is 0 Å². The van der Waals surface area contributed by atoms with Crippen LogP contribution >= 0.6 is 11.6 Å². The number of halogens is 1. The van der Waals surface area contributed by atoms with E-state index < -0.39 is 0 Å². The summed E-state index contributed by atoms with van der Waals surface area (Å²) in [5, 5.41) is 0.703. The van der Waals surface area contributed by atoms with Crippen molar-refractivity contribution < 1.29 is 14.3 Å². The van der Waals surface area contributed by atoms with Crippen LogP contribution in [0, 0.1) is 0 Å². The molecule has 2 aromatic rings. The summed E-state index contributed by atoms with van der Waals surface area (Å²) in [6.07, 6.45) is 7.14. The average Bonchev–Trinajstić information content (AvgIpc) is 3.35. The number of aryl methyl sites for hydroxylation is 1. The Bertz CT molecular complexity index is 844. The number of amides is 1. The lowest BCUT2D eigenvalue weighted by molar-refractivity contribution is 0.0445. The minimum Gasteiger partial charge on any atom is -0.493 e. The van der Waals surface area contributed by atoms with E-state index in [4.69, 9.17) is 21.1 Å². The van der Waals surface area contributed by atoms with E-state index in [1.807, 2.05) is 40.2 Å². The van der Waals surface area contributed by atoms with Gasteiger partial charge in [0.2, 0.25) is 0 Å². The summed E-state index contributed by atoms with van der Waals surface area (Å²) in [6, 6.07) is 5.79. The Morgan fingerprint density at radius 2 is 2.24 bits per heavy atom. The molecule has 0 N–H and O–H groups in total. The van der Waals surface area contributed by atoms with Crippen molar-refractivity contribution in [3.05, 3.63) is 47.5 Å². The van der Waals surface area contributed by atoms with Crippen molar-refractivity contribution in [2.75, 3.05) is 32.8 Å². The molecular formula is C21H27ClN4O3. The van der Waals surface area contributed by atoms with Crippen molar-refractivity contribution in [2.45, 2.75) is 38.4 Å². The largest absolute Gasteiger partial charge is 0.493 e. The molecule has 2 fully saturated rings. The predicted molar refractivity (Wildman–Crippen MR) is 110 cm³/mol. The third-order valence-corrected chi connectivity index (χ3v) is 6.10. The van der Waals surface area contributed by atoms with Crippen molar-refractivity contribution in [3.63, 3.8) is 0 Å². The SMILES string of the molecule is CCC12COC(=O)N1CCN(Cc1cc(Cl)ccc1OCCCn1ccnc1)C2. The number of carbonyl (C=O) groups excluding carboxylic acids is 1. The standard InChI is InChI=1S/C21H27ClN4O3/c1-2-21-14-25(9-10-26(21)20(27)29-15-21)13-17-12-18(22)4-5-19(17)28-11-3-7-24-8-6-23-16-24/h4-6,8,12,16H,2-3,7,9-11,13-15H2,1H3. The Labute approximate surface area is 176 Å². The van der Waals surface area contributed by atoms with Gasteiger partial charge in [-0.3, -0.25) is 9.80 Å². The summed E-state index contributed by atoms with van der Waals surface area (Å²) in [5.41, 5.74) is 0.852. The van der Waals surface area contributed by atoms with E-state index >= 15 is 0 Å². The van der Waals surface area contributed by atoms with Crippen molar-refractivity contribution >= 4 is 17.7 Å². The molecular weight excluding hydrogens is 392 g/mol. The fourth-order valence-corrected chi connectivity index (χ4v) is 4.38. The van der Waals surface area contributed by atoms with Crippen LogP contribution in [0.4, 0.5) is 4.79 Å². The first kappa shape index (κ1) is 20.0. The molecule has 1 unspecified atom stereocenters. The lowest BCUT2D eigenvalue weighted by Crippen LogP contribution is -2.60. The normalized spacial score (nSPS) is 21.9. The van der Waals surface area contributed by atoms with Gasteiger partial charge < -0.3 is 14.0 Å². The van der Waals surface area contributed by atoms with Crippen LogP contribution in [0.15, 0.2) is 36.9 Å². The van der Waals surface area contributed by atoms with Gasteiger partial charge in [0.05, 0.1) is 18.5 Å². The molecule has 0 radical (unpaired) electrons. The number of fused-ring (bicyclic) bond motifs is 1. The number of hydrogen-bond donors (Lipinski definition) is 0. The third-order valence-electron chi connectivity index (χ3n) is 5.87. The van der Waals surface area contributed by atoms with E-state index in [0.29, 0.717) is 24.8 Å². The molecule has 2 aliphatic rings. The highest BCUT2D eigenvalue weighted by molar-refractivity contribution is 6.30. The zero-order valence-corrected chi connectivity index (χ0v) is 17.5. The second kappa shape index (κ2) is 8.63. The summed E-state index contributed by atoms with van der Waals surface area (Å²) in [6.45, 7) is 7.11. The highest BCUT2D eigenvalue weighted by Crippen LogP contribution is 2.33. The fraction of sp³-hybridized carbons (Fsp3) is 0.524. The molecule has 0 saturated carbocycles. The zero-order valence-electron chi connectivity index (χ0n) is 16.7. The Balaban J connectivity index is 1.39. The van der Waals surface area contributed by atoms with Crippen molar-refractivity contribution in [2.24, 2.45) is 0 Å². The van der Waals surface area contributed by atoms with Crippen LogP contribution in [-0.4, -0.2) is 63.8 Å². The van der Waals surface area contributed by atoms with E-state index in [9.17, 15) is 4.79 Å². The maximum Gasteiger partial charge on any atom is 0.410 e. The Kier molecular flexibility index (Phi) is 5.96. The predicted octanol–water partition coefficient (Wildman–Crippen LogP) is 3.42. The van der Waals surface area contributed by atoms with Crippen molar-refractivity contribution in [1.29, 1.82) is 0 Å². The molecule has 4 rings (SSSR count). The maximum absolute atomic E-state index is 12.0. The van der Waals surface area contributed by atoms with Gasteiger partial charge in [-0.2, -0.15) is 0 Å². The smallest absolute Gasteiger partial charge is 0.410 e. The molecule has 8 heteroatoms. The zero-order chi connectivity index (χ0) is 20.3. The number of benzene rings is 1. The number of carbonyl (C=O) groups is 1.